The highest BCUT2D eigenvalue weighted by molar-refractivity contribution is 5.11. The Balaban J connectivity index is 2.40. The fourth-order valence-corrected chi connectivity index (χ4v) is 0.560. The third-order valence-corrected chi connectivity index (χ3v) is 0.995. The van der Waals surface area contributed by atoms with Crippen molar-refractivity contribution in [3.63, 3.8) is 0 Å². The Morgan fingerprint density at radius 1 is 1.50 bits per heavy atom. The van der Waals surface area contributed by atoms with Gasteiger partial charge in [0, 0.05) is 6.20 Å². The van der Waals surface area contributed by atoms with Crippen molar-refractivity contribution >= 4 is 0 Å². The Morgan fingerprint density at radius 2 is 2.38 bits per heavy atom. The van der Waals surface area contributed by atoms with Crippen LogP contribution in [0.2, 0.25) is 0 Å². The van der Waals surface area contributed by atoms with Gasteiger partial charge in [0.15, 0.2) is 0 Å². The Bertz CT molecular complexity index is 118. The highest BCUT2D eigenvalue weighted by Crippen LogP contribution is 1.93. The molecule has 1 radical (unpaired) electrons. The Labute approximate surface area is 48.5 Å². The predicted octanol–water partition coefficient (Wildman–Crippen LogP) is 0.0352. The summed E-state index contributed by atoms with van der Waals surface area (Å²) < 4.78 is 0. The monoisotopic (exact) mass is 110 g/mol. The molecule has 1 N–H and O–H groups in total. The molecule has 43 valence electrons. The fourth-order valence-electron chi connectivity index (χ4n) is 0.560. The summed E-state index contributed by atoms with van der Waals surface area (Å²) in [6.45, 7) is 0.112. The molecule has 0 saturated carbocycles. The van der Waals surface area contributed by atoms with E-state index in [9.17, 15) is 0 Å². The molecule has 0 bridgehead atoms. The zero-order valence-corrected chi connectivity index (χ0v) is 4.49. The van der Waals surface area contributed by atoms with Crippen LogP contribution in [0, 0.1) is 0 Å². The number of nitrogens with zero attached hydrogens (tertiary/aromatic N) is 1. The molecule has 0 spiro atoms. The smallest absolute Gasteiger partial charge is 0.0913 e. The third kappa shape index (κ3) is 1.10. The quantitative estimate of drug-likeness (QED) is 0.508. The van der Waals surface area contributed by atoms with Gasteiger partial charge in [0.1, 0.15) is 0 Å². The standard InChI is InChI=1S/C6H8NO/c8-5-6-3-1-2-4-7-6/h1-4,6,8H,5H2/t6-/m0/s1. The molecule has 0 unspecified atom stereocenters. The average molecular weight is 110 g/mol. The molecule has 0 amide bonds. The van der Waals surface area contributed by atoms with E-state index >= 15 is 0 Å². The summed E-state index contributed by atoms with van der Waals surface area (Å²) in [5.74, 6) is 0. The normalized spacial score (nSPS) is 25.4. The zero-order valence-electron chi connectivity index (χ0n) is 4.49. The molecule has 0 fully saturated rings. The summed E-state index contributed by atoms with van der Waals surface area (Å²) in [4.78, 5) is 0. The van der Waals surface area contributed by atoms with Gasteiger partial charge < -0.3 is 5.11 Å². The molecule has 2 heteroatoms. The summed E-state index contributed by atoms with van der Waals surface area (Å²) in [6, 6.07) is -0.000000000000000222. The number of aliphatic hydroxyl groups is 1. The van der Waals surface area contributed by atoms with E-state index in [-0.39, 0.29) is 12.6 Å². The molecule has 1 atom stereocenters. The topological polar surface area (TPSA) is 34.3 Å². The van der Waals surface area contributed by atoms with E-state index in [1.165, 1.54) is 0 Å². The van der Waals surface area contributed by atoms with E-state index in [2.05, 4.69) is 5.32 Å². The summed E-state index contributed by atoms with van der Waals surface area (Å²) in [6.07, 6.45) is 7.28. The maximum Gasteiger partial charge on any atom is 0.0913 e. The summed E-state index contributed by atoms with van der Waals surface area (Å²) >= 11 is 0. The highest BCUT2D eigenvalue weighted by atomic mass is 16.3. The lowest BCUT2D eigenvalue weighted by molar-refractivity contribution is 0.271. The van der Waals surface area contributed by atoms with E-state index in [1.807, 2.05) is 18.2 Å². The lowest BCUT2D eigenvalue weighted by Gasteiger charge is -2.07. The Morgan fingerprint density at radius 3 is 2.75 bits per heavy atom. The first-order valence-corrected chi connectivity index (χ1v) is 2.57. The maximum absolute atomic E-state index is 8.51. The van der Waals surface area contributed by atoms with Crippen molar-refractivity contribution in [1.82, 2.24) is 5.32 Å². The van der Waals surface area contributed by atoms with Gasteiger partial charge in [-0.1, -0.05) is 12.2 Å². The first-order valence-electron chi connectivity index (χ1n) is 2.57. The molecule has 0 saturated heterocycles. The van der Waals surface area contributed by atoms with Crippen LogP contribution in [0.1, 0.15) is 0 Å². The molecular weight excluding hydrogens is 102 g/mol. The second kappa shape index (κ2) is 2.52. The molecule has 2 nitrogen and oxygen atoms in total. The van der Waals surface area contributed by atoms with Gasteiger partial charge in [-0.3, -0.25) is 5.32 Å². The van der Waals surface area contributed by atoms with Crippen LogP contribution in [0.3, 0.4) is 0 Å². The SMILES string of the molecule is OC[C@@H]1C=CC=C[N]1. The van der Waals surface area contributed by atoms with Gasteiger partial charge in [0.25, 0.3) is 0 Å². The molecule has 0 aromatic carbocycles. The van der Waals surface area contributed by atoms with Crippen molar-refractivity contribution in [3.8, 4) is 0 Å². The van der Waals surface area contributed by atoms with Crippen LogP contribution in [0.15, 0.2) is 24.4 Å². The van der Waals surface area contributed by atoms with Gasteiger partial charge in [-0.25, -0.2) is 0 Å². The highest BCUT2D eigenvalue weighted by Gasteiger charge is 2.00. The number of allylic oxidation sites excluding steroid dienone is 2. The molecule has 0 aromatic heterocycles. The van der Waals surface area contributed by atoms with Gasteiger partial charge in [-0.05, 0) is 6.08 Å². The second-order valence-corrected chi connectivity index (χ2v) is 1.63. The molecule has 8 heavy (non-hydrogen) atoms. The minimum Gasteiger partial charge on any atom is -0.394 e. The first kappa shape index (κ1) is 5.38. The van der Waals surface area contributed by atoms with E-state index in [0.29, 0.717) is 0 Å². The number of hydrogen-bond donors (Lipinski definition) is 1. The van der Waals surface area contributed by atoms with Crippen LogP contribution < -0.4 is 5.32 Å². The second-order valence-electron chi connectivity index (χ2n) is 1.63. The molecule has 1 aliphatic heterocycles. The van der Waals surface area contributed by atoms with Crippen molar-refractivity contribution in [3.05, 3.63) is 24.4 Å². The van der Waals surface area contributed by atoms with E-state index in [0.717, 1.165) is 0 Å². The van der Waals surface area contributed by atoms with Crippen LogP contribution in [0.25, 0.3) is 0 Å². The Hall–Kier alpha value is -0.760. The minimum absolute atomic E-state index is 0.000000000000000222. The summed E-state index contributed by atoms with van der Waals surface area (Å²) in [7, 11) is 0. The molecule has 1 rings (SSSR count). The van der Waals surface area contributed by atoms with Crippen molar-refractivity contribution in [2.24, 2.45) is 0 Å². The maximum atomic E-state index is 8.51. The average Bonchev–Trinajstić information content (AvgIpc) is 1.90. The largest absolute Gasteiger partial charge is 0.394 e. The van der Waals surface area contributed by atoms with Crippen LogP contribution in [0.4, 0.5) is 0 Å². The van der Waals surface area contributed by atoms with Crippen molar-refractivity contribution in [2.75, 3.05) is 6.61 Å². The summed E-state index contributed by atoms with van der Waals surface area (Å²) in [5.41, 5.74) is 0. The Kier molecular flexibility index (Phi) is 1.70. The van der Waals surface area contributed by atoms with Gasteiger partial charge >= 0.3 is 0 Å². The number of rotatable bonds is 1. The van der Waals surface area contributed by atoms with E-state index in [1.54, 1.807) is 6.20 Å². The number of hydrogen-bond acceptors (Lipinski definition) is 1. The van der Waals surface area contributed by atoms with Crippen LogP contribution in [-0.4, -0.2) is 17.8 Å². The van der Waals surface area contributed by atoms with Crippen LogP contribution >= 0.6 is 0 Å². The van der Waals surface area contributed by atoms with E-state index in [4.69, 9.17) is 5.11 Å². The lowest BCUT2D eigenvalue weighted by atomic mass is 10.2. The zero-order chi connectivity index (χ0) is 5.82. The first-order chi connectivity index (χ1) is 3.93. The van der Waals surface area contributed by atoms with Crippen molar-refractivity contribution < 1.29 is 5.11 Å². The lowest BCUT2D eigenvalue weighted by Crippen LogP contribution is -2.20. The molecule has 0 aromatic rings. The van der Waals surface area contributed by atoms with Crippen LogP contribution in [-0.2, 0) is 0 Å². The van der Waals surface area contributed by atoms with Gasteiger partial charge in [0.05, 0.1) is 12.6 Å². The molecule has 0 aliphatic carbocycles. The molecule has 1 heterocycles. The molecular formula is C6H8NO. The van der Waals surface area contributed by atoms with E-state index < -0.39 is 0 Å². The van der Waals surface area contributed by atoms with Crippen molar-refractivity contribution in [1.29, 1.82) is 0 Å². The van der Waals surface area contributed by atoms with Gasteiger partial charge in [-0.15, -0.1) is 0 Å². The number of aliphatic hydroxyl groups excluding tert-OH is 1. The van der Waals surface area contributed by atoms with Crippen molar-refractivity contribution in [2.45, 2.75) is 6.04 Å². The van der Waals surface area contributed by atoms with Gasteiger partial charge in [0.2, 0.25) is 0 Å². The molecule has 1 aliphatic rings. The van der Waals surface area contributed by atoms with Crippen LogP contribution in [0.5, 0.6) is 0 Å². The predicted molar refractivity (Wildman–Crippen MR) is 31.3 cm³/mol. The third-order valence-electron chi connectivity index (χ3n) is 0.995. The fraction of sp³-hybridized carbons (Fsp3) is 0.333. The summed E-state index contributed by atoms with van der Waals surface area (Å²) in [5, 5.41) is 12.4. The van der Waals surface area contributed by atoms with Gasteiger partial charge in [-0.2, -0.15) is 0 Å². The minimum atomic E-state index is -0.000000000000000222.